The lowest BCUT2D eigenvalue weighted by Crippen LogP contribution is -2.46. The third-order valence-electron chi connectivity index (χ3n) is 4.57. The van der Waals surface area contributed by atoms with E-state index in [1.165, 1.54) is 5.56 Å². The van der Waals surface area contributed by atoms with Crippen LogP contribution >= 0.6 is 0 Å². The minimum absolute atomic E-state index is 0.0460. The number of piperidine rings is 1. The molecule has 2 aliphatic rings. The van der Waals surface area contributed by atoms with Crippen LogP contribution in [-0.4, -0.2) is 38.4 Å². The summed E-state index contributed by atoms with van der Waals surface area (Å²) in [6, 6.07) is 10.1. The van der Waals surface area contributed by atoms with Crippen molar-refractivity contribution in [1.82, 2.24) is 9.03 Å². The maximum atomic E-state index is 12.4. The van der Waals surface area contributed by atoms with E-state index in [-0.39, 0.29) is 6.04 Å². The van der Waals surface area contributed by atoms with Gasteiger partial charge in [-0.2, -0.15) is 17.4 Å². The summed E-state index contributed by atoms with van der Waals surface area (Å²) in [5, 5.41) is 0. The lowest BCUT2D eigenvalue weighted by Gasteiger charge is -2.30. The van der Waals surface area contributed by atoms with E-state index < -0.39 is 10.2 Å². The van der Waals surface area contributed by atoms with Gasteiger partial charge in [-0.1, -0.05) is 30.3 Å². The number of hydrogen-bond acceptors (Lipinski definition) is 3. The van der Waals surface area contributed by atoms with Gasteiger partial charge in [0.05, 0.1) is 0 Å². The zero-order valence-electron chi connectivity index (χ0n) is 12.1. The SMILES string of the molecule is NCC1CCN(S(=O)(=O)NC2CC2c2ccccc2)CC1. The number of hydrogen-bond donors (Lipinski definition) is 2. The van der Waals surface area contributed by atoms with Gasteiger partial charge in [0.15, 0.2) is 0 Å². The Labute approximate surface area is 126 Å². The predicted octanol–water partition coefficient (Wildman–Crippen LogP) is 1.05. The molecule has 2 unspecified atom stereocenters. The molecule has 1 saturated heterocycles. The molecule has 2 fully saturated rings. The number of nitrogens with two attached hydrogens (primary N) is 1. The van der Waals surface area contributed by atoms with E-state index in [9.17, 15) is 8.42 Å². The van der Waals surface area contributed by atoms with Gasteiger partial charge in [0.1, 0.15) is 0 Å². The third kappa shape index (κ3) is 3.45. The first kappa shape index (κ1) is 15.0. The molecule has 1 aromatic carbocycles. The van der Waals surface area contributed by atoms with Crippen LogP contribution in [0.5, 0.6) is 0 Å². The van der Waals surface area contributed by atoms with Crippen molar-refractivity contribution in [2.75, 3.05) is 19.6 Å². The fraction of sp³-hybridized carbons (Fsp3) is 0.600. The van der Waals surface area contributed by atoms with Gasteiger partial charge in [0.25, 0.3) is 10.2 Å². The molecule has 1 heterocycles. The lowest BCUT2D eigenvalue weighted by molar-refractivity contribution is 0.275. The summed E-state index contributed by atoms with van der Waals surface area (Å²) in [5.41, 5.74) is 6.86. The third-order valence-corrected chi connectivity index (χ3v) is 6.21. The first-order valence-electron chi connectivity index (χ1n) is 7.62. The summed E-state index contributed by atoms with van der Waals surface area (Å²) >= 11 is 0. The number of rotatable bonds is 5. The van der Waals surface area contributed by atoms with E-state index in [4.69, 9.17) is 5.73 Å². The lowest BCUT2D eigenvalue weighted by atomic mass is 9.99. The molecular formula is C15H23N3O2S. The van der Waals surface area contributed by atoms with Gasteiger partial charge in [0, 0.05) is 25.0 Å². The molecule has 116 valence electrons. The second-order valence-corrected chi connectivity index (χ2v) is 7.76. The fourth-order valence-electron chi connectivity index (χ4n) is 3.05. The molecule has 6 heteroatoms. The molecule has 0 spiro atoms. The molecule has 1 aliphatic heterocycles. The average Bonchev–Trinajstić information content (AvgIpc) is 3.26. The van der Waals surface area contributed by atoms with Gasteiger partial charge in [0.2, 0.25) is 0 Å². The smallest absolute Gasteiger partial charge is 0.279 e. The normalized spacial score (nSPS) is 27.7. The maximum absolute atomic E-state index is 12.4. The number of benzene rings is 1. The molecule has 1 saturated carbocycles. The Morgan fingerprint density at radius 2 is 1.86 bits per heavy atom. The molecule has 5 nitrogen and oxygen atoms in total. The van der Waals surface area contributed by atoms with Gasteiger partial charge in [-0.15, -0.1) is 0 Å². The minimum Gasteiger partial charge on any atom is -0.330 e. The second kappa shape index (κ2) is 6.04. The quantitative estimate of drug-likeness (QED) is 0.853. The predicted molar refractivity (Wildman–Crippen MR) is 83.0 cm³/mol. The topological polar surface area (TPSA) is 75.4 Å². The summed E-state index contributed by atoms with van der Waals surface area (Å²) in [5.74, 6) is 0.789. The summed E-state index contributed by atoms with van der Waals surface area (Å²) in [6.45, 7) is 1.82. The highest BCUT2D eigenvalue weighted by atomic mass is 32.2. The van der Waals surface area contributed by atoms with Crippen molar-refractivity contribution in [3.63, 3.8) is 0 Å². The molecular weight excluding hydrogens is 286 g/mol. The van der Waals surface area contributed by atoms with Crippen LogP contribution in [-0.2, 0) is 10.2 Å². The van der Waals surface area contributed by atoms with Gasteiger partial charge < -0.3 is 5.73 Å². The molecule has 0 aromatic heterocycles. The van der Waals surface area contributed by atoms with E-state index in [2.05, 4.69) is 16.9 Å². The summed E-state index contributed by atoms with van der Waals surface area (Å²) in [6.07, 6.45) is 2.62. The van der Waals surface area contributed by atoms with E-state index >= 15 is 0 Å². The van der Waals surface area contributed by atoms with E-state index in [0.29, 0.717) is 31.5 Å². The Bertz CT molecular complexity index is 568. The highest BCUT2D eigenvalue weighted by molar-refractivity contribution is 7.87. The monoisotopic (exact) mass is 309 g/mol. The molecule has 21 heavy (non-hydrogen) atoms. The summed E-state index contributed by atoms with van der Waals surface area (Å²) < 4.78 is 29.2. The second-order valence-electron chi connectivity index (χ2n) is 6.06. The standard InChI is InChI=1S/C15H23N3O2S/c16-11-12-6-8-18(9-7-12)21(19,20)17-15-10-14(15)13-4-2-1-3-5-13/h1-5,12,14-15,17H,6-11,16H2. The van der Waals surface area contributed by atoms with Crippen molar-refractivity contribution in [3.05, 3.63) is 35.9 Å². The van der Waals surface area contributed by atoms with Crippen LogP contribution < -0.4 is 10.5 Å². The molecule has 3 N–H and O–H groups in total. The highest BCUT2D eigenvalue weighted by Crippen LogP contribution is 2.41. The van der Waals surface area contributed by atoms with E-state index in [1.54, 1.807) is 4.31 Å². The Kier molecular flexibility index (Phi) is 4.31. The fourth-order valence-corrected chi connectivity index (χ4v) is 4.53. The number of nitrogens with zero attached hydrogens (tertiary/aromatic N) is 1. The first-order valence-corrected chi connectivity index (χ1v) is 9.06. The van der Waals surface area contributed by atoms with Crippen LogP contribution in [0.25, 0.3) is 0 Å². The first-order chi connectivity index (χ1) is 10.1. The van der Waals surface area contributed by atoms with Crippen molar-refractivity contribution in [2.45, 2.75) is 31.2 Å². The van der Waals surface area contributed by atoms with E-state index in [0.717, 1.165) is 19.3 Å². The molecule has 1 aromatic rings. The Hall–Kier alpha value is -0.950. The average molecular weight is 309 g/mol. The van der Waals surface area contributed by atoms with Gasteiger partial charge in [-0.25, -0.2) is 0 Å². The van der Waals surface area contributed by atoms with Crippen molar-refractivity contribution in [2.24, 2.45) is 11.7 Å². The van der Waals surface area contributed by atoms with Crippen molar-refractivity contribution >= 4 is 10.2 Å². The molecule has 0 amide bonds. The largest absolute Gasteiger partial charge is 0.330 e. The Morgan fingerprint density at radius 1 is 1.19 bits per heavy atom. The Balaban J connectivity index is 1.56. The zero-order chi connectivity index (χ0) is 14.9. The zero-order valence-corrected chi connectivity index (χ0v) is 12.9. The maximum Gasteiger partial charge on any atom is 0.279 e. The number of nitrogens with one attached hydrogen (secondary N) is 1. The van der Waals surface area contributed by atoms with Crippen LogP contribution in [0.2, 0.25) is 0 Å². The van der Waals surface area contributed by atoms with Crippen molar-refractivity contribution < 1.29 is 8.42 Å². The molecule has 3 rings (SSSR count). The minimum atomic E-state index is -3.35. The van der Waals surface area contributed by atoms with Crippen LogP contribution in [0.1, 0.15) is 30.7 Å². The van der Waals surface area contributed by atoms with Crippen LogP contribution in [0, 0.1) is 5.92 Å². The van der Waals surface area contributed by atoms with Crippen molar-refractivity contribution in [1.29, 1.82) is 0 Å². The summed E-state index contributed by atoms with van der Waals surface area (Å²) in [4.78, 5) is 0. The van der Waals surface area contributed by atoms with Gasteiger partial charge >= 0.3 is 0 Å². The molecule has 0 bridgehead atoms. The molecule has 2 atom stereocenters. The van der Waals surface area contributed by atoms with Crippen LogP contribution in [0.4, 0.5) is 0 Å². The molecule has 1 aliphatic carbocycles. The van der Waals surface area contributed by atoms with Crippen LogP contribution in [0.3, 0.4) is 0 Å². The van der Waals surface area contributed by atoms with Crippen LogP contribution in [0.15, 0.2) is 30.3 Å². The Morgan fingerprint density at radius 3 is 2.48 bits per heavy atom. The molecule has 0 radical (unpaired) electrons. The van der Waals surface area contributed by atoms with Gasteiger partial charge in [-0.05, 0) is 37.3 Å². The summed E-state index contributed by atoms with van der Waals surface area (Å²) in [7, 11) is -3.35. The van der Waals surface area contributed by atoms with Crippen molar-refractivity contribution in [3.8, 4) is 0 Å². The van der Waals surface area contributed by atoms with Gasteiger partial charge in [-0.3, -0.25) is 0 Å². The van der Waals surface area contributed by atoms with E-state index in [1.807, 2.05) is 18.2 Å². The highest BCUT2D eigenvalue weighted by Gasteiger charge is 2.42.